The Bertz CT molecular complexity index is 720. The molecule has 0 radical (unpaired) electrons. The maximum atomic E-state index is 4.72. The number of thiophene rings is 1. The third-order valence-electron chi connectivity index (χ3n) is 3.62. The standard InChI is InChI=1S/C15H14N4S/c1-19-15(17-14(18-19)13-7-4-8-20-13)12-9-10-5-2-3-6-11(10)16-12/h2-8,12,16H,9H2,1H3. The molecular weight excluding hydrogens is 268 g/mol. The highest BCUT2D eigenvalue weighted by atomic mass is 32.1. The van der Waals surface area contributed by atoms with Crippen LogP contribution in [0.25, 0.3) is 10.7 Å². The lowest BCUT2D eigenvalue weighted by atomic mass is 10.1. The molecule has 0 spiro atoms. The van der Waals surface area contributed by atoms with Gasteiger partial charge < -0.3 is 5.32 Å². The van der Waals surface area contributed by atoms with Crippen molar-refractivity contribution in [2.45, 2.75) is 12.5 Å². The fraction of sp³-hybridized carbons (Fsp3) is 0.200. The summed E-state index contributed by atoms with van der Waals surface area (Å²) in [5.74, 6) is 1.81. The number of nitrogens with one attached hydrogen (secondary N) is 1. The number of fused-ring (bicyclic) bond motifs is 1. The molecule has 0 bridgehead atoms. The molecule has 2 aromatic heterocycles. The molecule has 3 heterocycles. The van der Waals surface area contributed by atoms with Crippen LogP contribution >= 0.6 is 11.3 Å². The second-order valence-electron chi connectivity index (χ2n) is 4.95. The molecular formula is C15H14N4S. The molecule has 0 aliphatic carbocycles. The number of anilines is 1. The molecule has 1 aliphatic heterocycles. The molecule has 4 rings (SSSR count). The number of para-hydroxylation sites is 1. The molecule has 1 aliphatic rings. The zero-order chi connectivity index (χ0) is 13.5. The molecule has 1 N–H and O–H groups in total. The number of rotatable bonds is 2. The van der Waals surface area contributed by atoms with Crippen molar-refractivity contribution in [2.24, 2.45) is 7.05 Å². The van der Waals surface area contributed by atoms with Crippen LogP contribution in [-0.4, -0.2) is 14.8 Å². The van der Waals surface area contributed by atoms with Crippen molar-refractivity contribution in [1.29, 1.82) is 0 Å². The number of nitrogens with zero attached hydrogens (tertiary/aromatic N) is 3. The number of aryl methyl sites for hydroxylation is 1. The van der Waals surface area contributed by atoms with E-state index in [0.717, 1.165) is 22.9 Å². The highest BCUT2D eigenvalue weighted by Crippen LogP contribution is 2.33. The molecule has 1 atom stereocenters. The molecule has 0 saturated heterocycles. The van der Waals surface area contributed by atoms with Gasteiger partial charge in [-0.25, -0.2) is 4.98 Å². The molecule has 0 saturated carbocycles. The van der Waals surface area contributed by atoms with Crippen molar-refractivity contribution >= 4 is 17.0 Å². The molecule has 5 heteroatoms. The Balaban J connectivity index is 1.68. The summed E-state index contributed by atoms with van der Waals surface area (Å²) in [6, 6.07) is 12.7. The highest BCUT2D eigenvalue weighted by Gasteiger charge is 2.26. The summed E-state index contributed by atoms with van der Waals surface area (Å²) in [5, 5.41) is 10.1. The van der Waals surface area contributed by atoms with Gasteiger partial charge in [0.05, 0.1) is 10.9 Å². The average molecular weight is 282 g/mol. The number of hydrogen-bond acceptors (Lipinski definition) is 4. The van der Waals surface area contributed by atoms with Crippen molar-refractivity contribution in [3.63, 3.8) is 0 Å². The summed E-state index contributed by atoms with van der Waals surface area (Å²) in [6.45, 7) is 0. The summed E-state index contributed by atoms with van der Waals surface area (Å²) in [7, 11) is 1.96. The van der Waals surface area contributed by atoms with E-state index in [2.05, 4.69) is 46.1 Å². The highest BCUT2D eigenvalue weighted by molar-refractivity contribution is 7.13. The van der Waals surface area contributed by atoms with E-state index in [1.165, 1.54) is 11.3 Å². The van der Waals surface area contributed by atoms with Crippen molar-refractivity contribution in [1.82, 2.24) is 14.8 Å². The third kappa shape index (κ3) is 1.82. The number of hydrogen-bond donors (Lipinski definition) is 1. The van der Waals surface area contributed by atoms with Crippen LogP contribution < -0.4 is 5.32 Å². The normalized spacial score (nSPS) is 16.9. The SMILES string of the molecule is Cn1nc(-c2cccs2)nc1C1Cc2ccccc2N1. The van der Waals surface area contributed by atoms with Crippen molar-refractivity contribution in [3.05, 3.63) is 53.2 Å². The van der Waals surface area contributed by atoms with Crippen LogP contribution in [0.3, 0.4) is 0 Å². The first-order valence-electron chi connectivity index (χ1n) is 6.60. The first-order valence-corrected chi connectivity index (χ1v) is 7.48. The van der Waals surface area contributed by atoms with Gasteiger partial charge in [0.2, 0.25) is 0 Å². The minimum absolute atomic E-state index is 0.207. The van der Waals surface area contributed by atoms with Crippen molar-refractivity contribution in [3.8, 4) is 10.7 Å². The second-order valence-corrected chi connectivity index (χ2v) is 5.90. The van der Waals surface area contributed by atoms with Gasteiger partial charge in [0.15, 0.2) is 5.82 Å². The van der Waals surface area contributed by atoms with E-state index in [1.807, 2.05) is 17.8 Å². The van der Waals surface area contributed by atoms with Crippen LogP contribution in [-0.2, 0) is 13.5 Å². The van der Waals surface area contributed by atoms with E-state index in [9.17, 15) is 0 Å². The predicted octanol–water partition coefficient (Wildman–Crippen LogP) is 3.25. The van der Waals surface area contributed by atoms with Crippen LogP contribution in [0.15, 0.2) is 41.8 Å². The van der Waals surface area contributed by atoms with Gasteiger partial charge in [-0.15, -0.1) is 11.3 Å². The van der Waals surface area contributed by atoms with Crippen molar-refractivity contribution in [2.75, 3.05) is 5.32 Å². The lowest BCUT2D eigenvalue weighted by Gasteiger charge is -2.09. The first kappa shape index (κ1) is 11.7. The molecule has 4 nitrogen and oxygen atoms in total. The van der Waals surface area contributed by atoms with E-state index in [0.29, 0.717) is 0 Å². The smallest absolute Gasteiger partial charge is 0.191 e. The van der Waals surface area contributed by atoms with E-state index in [4.69, 9.17) is 4.98 Å². The third-order valence-corrected chi connectivity index (χ3v) is 4.49. The summed E-state index contributed by atoms with van der Waals surface area (Å²) in [6.07, 6.45) is 0.965. The Morgan fingerprint density at radius 2 is 2.15 bits per heavy atom. The zero-order valence-corrected chi connectivity index (χ0v) is 11.9. The van der Waals surface area contributed by atoms with Crippen LogP contribution in [0.5, 0.6) is 0 Å². The van der Waals surface area contributed by atoms with Crippen LogP contribution in [0.1, 0.15) is 17.4 Å². The van der Waals surface area contributed by atoms with Crippen LogP contribution in [0, 0.1) is 0 Å². The largest absolute Gasteiger partial charge is 0.375 e. The number of benzene rings is 1. The molecule has 1 unspecified atom stereocenters. The maximum absolute atomic E-state index is 4.72. The van der Waals surface area contributed by atoms with E-state index >= 15 is 0 Å². The fourth-order valence-electron chi connectivity index (χ4n) is 2.66. The predicted molar refractivity (Wildman–Crippen MR) is 80.8 cm³/mol. The molecule has 3 aromatic rings. The van der Waals surface area contributed by atoms with Crippen LogP contribution in [0.4, 0.5) is 5.69 Å². The van der Waals surface area contributed by atoms with Crippen LogP contribution in [0.2, 0.25) is 0 Å². The van der Waals surface area contributed by atoms with Gasteiger partial charge in [-0.05, 0) is 23.1 Å². The quantitative estimate of drug-likeness (QED) is 0.784. The number of aromatic nitrogens is 3. The van der Waals surface area contributed by atoms with E-state index < -0.39 is 0 Å². The lowest BCUT2D eigenvalue weighted by molar-refractivity contribution is 0.645. The van der Waals surface area contributed by atoms with E-state index in [-0.39, 0.29) is 6.04 Å². The first-order chi connectivity index (χ1) is 9.81. The average Bonchev–Trinajstić information content (AvgIpc) is 3.16. The van der Waals surface area contributed by atoms with Crippen molar-refractivity contribution < 1.29 is 0 Å². The lowest BCUT2D eigenvalue weighted by Crippen LogP contribution is -2.12. The molecule has 1 aromatic carbocycles. The Labute approximate surface area is 121 Å². The fourth-order valence-corrected chi connectivity index (χ4v) is 3.32. The zero-order valence-electron chi connectivity index (χ0n) is 11.1. The van der Waals surface area contributed by atoms with Gasteiger partial charge in [-0.2, -0.15) is 5.10 Å². The topological polar surface area (TPSA) is 42.7 Å². The molecule has 100 valence electrons. The second kappa shape index (κ2) is 4.45. The Morgan fingerprint density at radius 1 is 1.25 bits per heavy atom. The maximum Gasteiger partial charge on any atom is 0.191 e. The van der Waals surface area contributed by atoms with Gasteiger partial charge in [0.1, 0.15) is 5.82 Å². The minimum Gasteiger partial charge on any atom is -0.375 e. The van der Waals surface area contributed by atoms with Gasteiger partial charge >= 0.3 is 0 Å². The summed E-state index contributed by atoms with van der Waals surface area (Å²) >= 11 is 1.67. The molecule has 0 amide bonds. The Kier molecular flexibility index (Phi) is 2.60. The monoisotopic (exact) mass is 282 g/mol. The molecule has 0 fully saturated rings. The summed E-state index contributed by atoms with van der Waals surface area (Å²) in [5.41, 5.74) is 2.55. The molecule has 20 heavy (non-hydrogen) atoms. The van der Waals surface area contributed by atoms with Gasteiger partial charge in [-0.1, -0.05) is 24.3 Å². The summed E-state index contributed by atoms with van der Waals surface area (Å²) < 4.78 is 1.89. The van der Waals surface area contributed by atoms with E-state index in [1.54, 1.807) is 11.3 Å². The van der Waals surface area contributed by atoms with Gasteiger partial charge in [-0.3, -0.25) is 4.68 Å². The van der Waals surface area contributed by atoms with Gasteiger partial charge in [0.25, 0.3) is 0 Å². The van der Waals surface area contributed by atoms with Gasteiger partial charge in [0, 0.05) is 19.2 Å². The summed E-state index contributed by atoms with van der Waals surface area (Å²) in [4.78, 5) is 5.83. The Hall–Kier alpha value is -2.14. The minimum atomic E-state index is 0.207. The Morgan fingerprint density at radius 3 is 2.95 bits per heavy atom.